The van der Waals surface area contributed by atoms with Gasteiger partial charge in [0.25, 0.3) is 0 Å². The molecule has 0 saturated heterocycles. The quantitative estimate of drug-likeness (QED) is 0.723. The zero-order chi connectivity index (χ0) is 11.8. The molecule has 0 aliphatic heterocycles. The number of nitrogens with one attached hydrogen (secondary N) is 1. The molecule has 1 rings (SSSR count). The summed E-state index contributed by atoms with van der Waals surface area (Å²) in [6, 6.07) is 5.71. The number of methoxy groups -OCH3 is 1. The Hall–Kier alpha value is -0.930. The van der Waals surface area contributed by atoms with Gasteiger partial charge in [0.05, 0.1) is 12.1 Å². The van der Waals surface area contributed by atoms with Crippen LogP contribution in [0, 0.1) is 0 Å². The smallest absolute Gasteiger partial charge is 0.137 e. The van der Waals surface area contributed by atoms with Crippen molar-refractivity contribution in [2.24, 2.45) is 5.73 Å². The number of hydrogen-bond acceptors (Lipinski definition) is 3. The first-order valence-electron chi connectivity index (χ1n) is 5.55. The van der Waals surface area contributed by atoms with E-state index in [9.17, 15) is 0 Å². The van der Waals surface area contributed by atoms with Gasteiger partial charge in [-0.15, -0.1) is 0 Å². The molecule has 0 spiro atoms. The monoisotopic (exact) mass is 242 g/mol. The normalized spacial score (nSPS) is 10.2. The topological polar surface area (TPSA) is 47.3 Å². The van der Waals surface area contributed by atoms with Gasteiger partial charge in [-0.2, -0.15) is 0 Å². The van der Waals surface area contributed by atoms with Crippen LogP contribution in [0.15, 0.2) is 18.2 Å². The van der Waals surface area contributed by atoms with Gasteiger partial charge < -0.3 is 15.8 Å². The van der Waals surface area contributed by atoms with Crippen molar-refractivity contribution >= 4 is 17.3 Å². The van der Waals surface area contributed by atoms with Crippen molar-refractivity contribution in [1.82, 2.24) is 0 Å². The maximum Gasteiger partial charge on any atom is 0.137 e. The van der Waals surface area contributed by atoms with Crippen molar-refractivity contribution in [3.63, 3.8) is 0 Å². The Kier molecular flexibility index (Phi) is 6.04. The summed E-state index contributed by atoms with van der Waals surface area (Å²) in [5.41, 5.74) is 6.45. The van der Waals surface area contributed by atoms with Crippen LogP contribution in [0.1, 0.15) is 19.3 Å². The van der Waals surface area contributed by atoms with E-state index in [1.165, 1.54) is 0 Å². The maximum absolute atomic E-state index is 6.01. The highest BCUT2D eigenvalue weighted by Gasteiger charge is 2.00. The predicted molar refractivity (Wildman–Crippen MR) is 69.4 cm³/mol. The molecule has 0 heterocycles. The van der Waals surface area contributed by atoms with Crippen LogP contribution in [0.5, 0.6) is 5.75 Å². The van der Waals surface area contributed by atoms with Gasteiger partial charge in [-0.1, -0.05) is 18.0 Å². The second-order valence-electron chi connectivity index (χ2n) is 3.63. The minimum Gasteiger partial charge on any atom is -0.495 e. The SMILES string of the molecule is COc1ccc(NCCCCCN)cc1Cl. The van der Waals surface area contributed by atoms with Crippen LogP contribution < -0.4 is 15.8 Å². The molecule has 0 fully saturated rings. The molecule has 0 amide bonds. The van der Waals surface area contributed by atoms with Gasteiger partial charge >= 0.3 is 0 Å². The molecule has 3 nitrogen and oxygen atoms in total. The van der Waals surface area contributed by atoms with Crippen LogP contribution in [-0.4, -0.2) is 20.2 Å². The number of rotatable bonds is 7. The van der Waals surface area contributed by atoms with Crippen molar-refractivity contribution in [3.05, 3.63) is 23.2 Å². The molecular weight excluding hydrogens is 224 g/mol. The lowest BCUT2D eigenvalue weighted by atomic mass is 10.2. The Balaban J connectivity index is 2.34. The van der Waals surface area contributed by atoms with Crippen LogP contribution in [-0.2, 0) is 0 Å². The molecule has 0 unspecified atom stereocenters. The average molecular weight is 243 g/mol. The van der Waals surface area contributed by atoms with Gasteiger partial charge in [-0.3, -0.25) is 0 Å². The van der Waals surface area contributed by atoms with Crippen molar-refractivity contribution in [2.45, 2.75) is 19.3 Å². The summed E-state index contributed by atoms with van der Waals surface area (Å²) in [7, 11) is 1.61. The summed E-state index contributed by atoms with van der Waals surface area (Å²) >= 11 is 6.01. The van der Waals surface area contributed by atoms with Gasteiger partial charge in [0.1, 0.15) is 5.75 Å². The maximum atomic E-state index is 6.01. The van der Waals surface area contributed by atoms with Gasteiger partial charge in [-0.05, 0) is 37.6 Å². The van der Waals surface area contributed by atoms with Crippen molar-refractivity contribution in [2.75, 3.05) is 25.5 Å². The van der Waals surface area contributed by atoms with E-state index in [0.29, 0.717) is 10.8 Å². The second kappa shape index (κ2) is 7.36. The van der Waals surface area contributed by atoms with Gasteiger partial charge in [0.15, 0.2) is 0 Å². The second-order valence-corrected chi connectivity index (χ2v) is 4.03. The van der Waals surface area contributed by atoms with E-state index >= 15 is 0 Å². The first-order chi connectivity index (χ1) is 7.77. The highest BCUT2D eigenvalue weighted by Crippen LogP contribution is 2.27. The van der Waals surface area contributed by atoms with E-state index in [4.69, 9.17) is 22.1 Å². The third-order valence-corrected chi connectivity index (χ3v) is 2.66. The summed E-state index contributed by atoms with van der Waals surface area (Å²) in [5, 5.41) is 3.95. The van der Waals surface area contributed by atoms with Crippen LogP contribution >= 0.6 is 11.6 Å². The Morgan fingerprint density at radius 3 is 2.75 bits per heavy atom. The molecule has 0 aliphatic carbocycles. The molecule has 3 N–H and O–H groups in total. The lowest BCUT2D eigenvalue weighted by Gasteiger charge is -2.08. The molecular formula is C12H19ClN2O. The summed E-state index contributed by atoms with van der Waals surface area (Å²) < 4.78 is 5.08. The molecule has 0 saturated carbocycles. The van der Waals surface area contributed by atoms with Gasteiger partial charge in [0, 0.05) is 12.2 Å². The van der Waals surface area contributed by atoms with Crippen LogP contribution in [0.3, 0.4) is 0 Å². The lowest BCUT2D eigenvalue weighted by Crippen LogP contribution is -2.03. The van der Waals surface area contributed by atoms with E-state index in [1.807, 2.05) is 18.2 Å². The zero-order valence-electron chi connectivity index (χ0n) is 9.63. The summed E-state index contributed by atoms with van der Waals surface area (Å²) in [5.74, 6) is 0.704. The molecule has 0 atom stereocenters. The molecule has 0 bridgehead atoms. The minimum absolute atomic E-state index is 0.634. The van der Waals surface area contributed by atoms with Crippen molar-refractivity contribution < 1.29 is 4.74 Å². The van der Waals surface area contributed by atoms with E-state index in [0.717, 1.165) is 38.0 Å². The average Bonchev–Trinajstić information content (AvgIpc) is 2.29. The first kappa shape index (κ1) is 13.1. The number of nitrogens with two attached hydrogens (primary N) is 1. The standard InChI is InChI=1S/C12H19ClN2O/c1-16-12-6-5-10(9-11(12)13)15-8-4-2-3-7-14/h5-6,9,15H,2-4,7-8,14H2,1H3. The first-order valence-corrected chi connectivity index (χ1v) is 5.93. The molecule has 1 aromatic rings. The summed E-state index contributed by atoms with van der Waals surface area (Å²) in [6.45, 7) is 1.72. The molecule has 4 heteroatoms. The lowest BCUT2D eigenvalue weighted by molar-refractivity contribution is 0.415. The Bertz CT molecular complexity index is 318. The summed E-state index contributed by atoms with van der Waals surface area (Å²) in [6.07, 6.45) is 3.37. The number of hydrogen-bond donors (Lipinski definition) is 2. The largest absolute Gasteiger partial charge is 0.495 e. The van der Waals surface area contributed by atoms with E-state index in [1.54, 1.807) is 7.11 Å². The fourth-order valence-electron chi connectivity index (χ4n) is 1.46. The fraction of sp³-hybridized carbons (Fsp3) is 0.500. The van der Waals surface area contributed by atoms with E-state index < -0.39 is 0 Å². The minimum atomic E-state index is 0.634. The molecule has 16 heavy (non-hydrogen) atoms. The molecule has 90 valence electrons. The number of benzene rings is 1. The third-order valence-electron chi connectivity index (χ3n) is 2.36. The van der Waals surface area contributed by atoms with Crippen LogP contribution in [0.25, 0.3) is 0 Å². The zero-order valence-corrected chi connectivity index (χ0v) is 10.4. The van der Waals surface area contributed by atoms with E-state index in [2.05, 4.69) is 5.32 Å². The highest BCUT2D eigenvalue weighted by molar-refractivity contribution is 6.32. The molecule has 0 radical (unpaired) electrons. The van der Waals surface area contributed by atoms with Crippen molar-refractivity contribution in [1.29, 1.82) is 0 Å². The Morgan fingerprint density at radius 2 is 2.12 bits per heavy atom. The van der Waals surface area contributed by atoms with Gasteiger partial charge in [0.2, 0.25) is 0 Å². The number of halogens is 1. The molecule has 1 aromatic carbocycles. The molecule has 0 aromatic heterocycles. The number of unbranched alkanes of at least 4 members (excludes halogenated alkanes) is 2. The number of ether oxygens (including phenoxy) is 1. The Morgan fingerprint density at radius 1 is 1.31 bits per heavy atom. The van der Waals surface area contributed by atoms with Crippen LogP contribution in [0.2, 0.25) is 5.02 Å². The number of anilines is 1. The Labute approximate surface area is 102 Å². The molecule has 0 aliphatic rings. The fourth-order valence-corrected chi connectivity index (χ4v) is 1.71. The van der Waals surface area contributed by atoms with Crippen molar-refractivity contribution in [3.8, 4) is 5.75 Å². The van der Waals surface area contributed by atoms with Crippen LogP contribution in [0.4, 0.5) is 5.69 Å². The van der Waals surface area contributed by atoms with Gasteiger partial charge in [-0.25, -0.2) is 0 Å². The third kappa shape index (κ3) is 4.29. The predicted octanol–water partition coefficient (Wildman–Crippen LogP) is 2.89. The highest BCUT2D eigenvalue weighted by atomic mass is 35.5. The summed E-state index contributed by atoms with van der Waals surface area (Å²) in [4.78, 5) is 0. The van der Waals surface area contributed by atoms with E-state index in [-0.39, 0.29) is 0 Å².